The molecule has 0 aliphatic heterocycles. The van der Waals surface area contributed by atoms with Crippen LogP contribution >= 0.6 is 0 Å². The van der Waals surface area contributed by atoms with Crippen molar-refractivity contribution in [1.29, 1.82) is 0 Å². The van der Waals surface area contributed by atoms with E-state index in [-0.39, 0.29) is 17.9 Å². The van der Waals surface area contributed by atoms with Crippen molar-refractivity contribution in [2.75, 3.05) is 0 Å². The minimum absolute atomic E-state index is 0.0166. The summed E-state index contributed by atoms with van der Waals surface area (Å²) < 4.78 is 0. The summed E-state index contributed by atoms with van der Waals surface area (Å²) in [5.74, 6) is 0.441. The topological polar surface area (TPSA) is 49.4 Å². The average molecular weight is 423 g/mol. The van der Waals surface area contributed by atoms with Crippen molar-refractivity contribution in [1.82, 2.24) is 10.2 Å². The number of nitrogens with zero attached hydrogens (tertiary/aromatic N) is 1. The summed E-state index contributed by atoms with van der Waals surface area (Å²) in [4.78, 5) is 28.0. The van der Waals surface area contributed by atoms with E-state index >= 15 is 0 Å². The molecule has 0 aromatic heterocycles. The van der Waals surface area contributed by atoms with E-state index in [0.29, 0.717) is 31.7 Å². The van der Waals surface area contributed by atoms with E-state index < -0.39 is 6.04 Å². The van der Waals surface area contributed by atoms with Crippen molar-refractivity contribution in [2.45, 2.75) is 84.8 Å². The Morgan fingerprint density at radius 3 is 2.06 bits per heavy atom. The summed E-state index contributed by atoms with van der Waals surface area (Å²) in [6.45, 7) is 10.8. The van der Waals surface area contributed by atoms with E-state index in [1.165, 1.54) is 5.56 Å². The first kappa shape index (κ1) is 24.6. The van der Waals surface area contributed by atoms with Gasteiger partial charge in [0.05, 0.1) is 0 Å². The van der Waals surface area contributed by atoms with Crippen molar-refractivity contribution < 1.29 is 9.59 Å². The van der Waals surface area contributed by atoms with E-state index in [0.717, 1.165) is 17.5 Å². The third-order valence-electron chi connectivity index (χ3n) is 5.86. The van der Waals surface area contributed by atoms with Gasteiger partial charge in [-0.2, -0.15) is 0 Å². The lowest BCUT2D eigenvalue weighted by atomic mass is 10.00. The number of rotatable bonds is 11. The highest BCUT2D eigenvalue weighted by Gasteiger charge is 2.28. The Labute approximate surface area is 188 Å². The maximum atomic E-state index is 13.3. The van der Waals surface area contributed by atoms with Gasteiger partial charge in [-0.05, 0) is 48.8 Å². The van der Waals surface area contributed by atoms with E-state index in [2.05, 4.69) is 43.4 Å². The number of hydrogen-bond donors (Lipinski definition) is 1. The van der Waals surface area contributed by atoms with Gasteiger partial charge in [-0.3, -0.25) is 9.59 Å². The summed E-state index contributed by atoms with van der Waals surface area (Å²) in [5.41, 5.74) is 3.48. The molecule has 2 amide bonds. The molecule has 31 heavy (non-hydrogen) atoms. The van der Waals surface area contributed by atoms with Gasteiger partial charge in [0.1, 0.15) is 6.04 Å². The molecule has 0 aliphatic carbocycles. The number of nitrogens with one attached hydrogen (secondary N) is 1. The lowest BCUT2D eigenvalue weighted by molar-refractivity contribution is -0.141. The first-order valence-electron chi connectivity index (χ1n) is 11.6. The van der Waals surface area contributed by atoms with Gasteiger partial charge in [0.25, 0.3) is 0 Å². The number of carbonyl (C=O) groups excluding carboxylic acids is 2. The third kappa shape index (κ3) is 7.54. The van der Waals surface area contributed by atoms with Crippen molar-refractivity contribution in [3.8, 4) is 0 Å². The fourth-order valence-corrected chi connectivity index (χ4v) is 3.60. The lowest BCUT2D eigenvalue weighted by Crippen LogP contribution is -2.50. The third-order valence-corrected chi connectivity index (χ3v) is 5.86. The van der Waals surface area contributed by atoms with Gasteiger partial charge in [-0.15, -0.1) is 0 Å². The molecule has 4 nitrogen and oxygen atoms in total. The highest BCUT2D eigenvalue weighted by molar-refractivity contribution is 5.87. The Kier molecular flexibility index (Phi) is 9.77. The van der Waals surface area contributed by atoms with Crippen molar-refractivity contribution in [3.05, 3.63) is 71.3 Å². The van der Waals surface area contributed by atoms with Crippen LogP contribution in [0, 0.1) is 0 Å². The fraction of sp³-hybridized carbons (Fsp3) is 0.481. The van der Waals surface area contributed by atoms with E-state index in [1.807, 2.05) is 51.1 Å². The SMILES string of the molecule is CCC(C)NC(=O)C(CC)N(Cc1ccccc1)C(=O)CCc1ccc(C(C)C)cc1. The number of aryl methyl sites for hydroxylation is 1. The first-order valence-corrected chi connectivity index (χ1v) is 11.6. The van der Waals surface area contributed by atoms with Crippen LogP contribution in [-0.2, 0) is 22.6 Å². The van der Waals surface area contributed by atoms with Crippen LogP contribution < -0.4 is 5.32 Å². The molecule has 0 bridgehead atoms. The van der Waals surface area contributed by atoms with E-state index in [1.54, 1.807) is 4.90 Å². The summed E-state index contributed by atoms with van der Waals surface area (Å²) in [6.07, 6.45) is 2.51. The van der Waals surface area contributed by atoms with Crippen LogP contribution in [0.5, 0.6) is 0 Å². The number of benzene rings is 2. The highest BCUT2D eigenvalue weighted by atomic mass is 16.2. The van der Waals surface area contributed by atoms with Crippen LogP contribution in [0.3, 0.4) is 0 Å². The first-order chi connectivity index (χ1) is 14.8. The molecular weight excluding hydrogens is 384 g/mol. The minimum atomic E-state index is -0.468. The second kappa shape index (κ2) is 12.3. The molecule has 0 saturated heterocycles. The number of amides is 2. The fourth-order valence-electron chi connectivity index (χ4n) is 3.60. The zero-order chi connectivity index (χ0) is 22.8. The molecule has 0 heterocycles. The predicted octanol–water partition coefficient (Wildman–Crippen LogP) is 5.46. The van der Waals surface area contributed by atoms with Gasteiger partial charge in [0.15, 0.2) is 0 Å². The number of hydrogen-bond acceptors (Lipinski definition) is 2. The van der Waals surface area contributed by atoms with Crippen molar-refractivity contribution >= 4 is 11.8 Å². The Hall–Kier alpha value is -2.62. The summed E-state index contributed by atoms with van der Waals surface area (Å²) in [6, 6.07) is 18.0. The molecular formula is C27H38N2O2. The van der Waals surface area contributed by atoms with Crippen LogP contribution in [0.25, 0.3) is 0 Å². The monoisotopic (exact) mass is 422 g/mol. The molecule has 2 rings (SSSR count). The summed E-state index contributed by atoms with van der Waals surface area (Å²) in [7, 11) is 0. The van der Waals surface area contributed by atoms with E-state index in [9.17, 15) is 9.59 Å². The van der Waals surface area contributed by atoms with E-state index in [4.69, 9.17) is 0 Å². The lowest BCUT2D eigenvalue weighted by Gasteiger charge is -2.31. The molecule has 2 aromatic rings. The molecule has 0 radical (unpaired) electrons. The second-order valence-electron chi connectivity index (χ2n) is 8.65. The molecule has 0 aliphatic rings. The van der Waals surface area contributed by atoms with Gasteiger partial charge in [0, 0.05) is 19.0 Å². The van der Waals surface area contributed by atoms with Gasteiger partial charge < -0.3 is 10.2 Å². The standard InChI is InChI=1S/C27H38N2O2/c1-6-21(5)28-27(31)25(7-2)29(19-23-11-9-8-10-12-23)26(30)18-15-22-13-16-24(17-14-22)20(3)4/h8-14,16-17,20-21,25H,6-7,15,18-19H2,1-5H3,(H,28,31). The maximum Gasteiger partial charge on any atom is 0.243 e. The van der Waals surface area contributed by atoms with Crippen molar-refractivity contribution in [2.24, 2.45) is 0 Å². The maximum absolute atomic E-state index is 13.3. The second-order valence-corrected chi connectivity index (χ2v) is 8.65. The minimum Gasteiger partial charge on any atom is -0.352 e. The predicted molar refractivity (Wildman–Crippen MR) is 128 cm³/mol. The highest BCUT2D eigenvalue weighted by Crippen LogP contribution is 2.18. The molecule has 0 fully saturated rings. The van der Waals surface area contributed by atoms with Crippen LogP contribution in [0.1, 0.15) is 76.5 Å². The molecule has 2 aromatic carbocycles. The quantitative estimate of drug-likeness (QED) is 0.522. The van der Waals surface area contributed by atoms with Crippen LogP contribution in [0.15, 0.2) is 54.6 Å². The molecule has 2 atom stereocenters. The Morgan fingerprint density at radius 2 is 1.52 bits per heavy atom. The molecule has 0 saturated carbocycles. The average Bonchev–Trinajstić information content (AvgIpc) is 2.78. The van der Waals surface area contributed by atoms with Crippen LogP contribution in [0.4, 0.5) is 0 Å². The number of carbonyl (C=O) groups is 2. The molecule has 4 heteroatoms. The Bertz CT molecular complexity index is 815. The van der Waals surface area contributed by atoms with Crippen molar-refractivity contribution in [3.63, 3.8) is 0 Å². The Morgan fingerprint density at radius 1 is 0.871 bits per heavy atom. The molecule has 168 valence electrons. The summed E-state index contributed by atoms with van der Waals surface area (Å²) in [5, 5.41) is 3.06. The summed E-state index contributed by atoms with van der Waals surface area (Å²) >= 11 is 0. The van der Waals surface area contributed by atoms with Crippen LogP contribution in [-0.4, -0.2) is 28.8 Å². The smallest absolute Gasteiger partial charge is 0.243 e. The zero-order valence-corrected chi connectivity index (χ0v) is 19.7. The van der Waals surface area contributed by atoms with Crippen LogP contribution in [0.2, 0.25) is 0 Å². The molecule has 2 unspecified atom stereocenters. The van der Waals surface area contributed by atoms with Gasteiger partial charge in [-0.25, -0.2) is 0 Å². The molecule has 0 spiro atoms. The van der Waals surface area contributed by atoms with Gasteiger partial charge >= 0.3 is 0 Å². The molecule has 1 N–H and O–H groups in total. The van der Waals surface area contributed by atoms with Gasteiger partial charge in [0.2, 0.25) is 11.8 Å². The largest absolute Gasteiger partial charge is 0.352 e. The zero-order valence-electron chi connectivity index (χ0n) is 19.7. The normalized spacial score (nSPS) is 13.0. The Balaban J connectivity index is 2.15. The van der Waals surface area contributed by atoms with Gasteiger partial charge in [-0.1, -0.05) is 82.3 Å².